The van der Waals surface area contributed by atoms with E-state index in [1.54, 1.807) is 0 Å². The molecule has 0 aromatic rings. The number of carboxylic acid groups (broad SMARTS) is 1. The number of hydrogen-bond donors (Lipinski definition) is 2. The number of unbranched alkanes of at least 4 members (excludes halogenated alkanes) is 20. The summed E-state index contributed by atoms with van der Waals surface area (Å²) in [4.78, 5) is 24.3. The predicted octanol–water partition coefficient (Wildman–Crippen LogP) is 8.64. The number of esters is 1. The zero-order valence-electron chi connectivity index (χ0n) is 24.5. The van der Waals surface area contributed by atoms with Crippen molar-refractivity contribution < 1.29 is 32.4 Å². The molecule has 0 fully saturated rings. The third-order valence-corrected chi connectivity index (χ3v) is 8.97. The van der Waals surface area contributed by atoms with Crippen molar-refractivity contribution >= 4 is 22.1 Å². The highest BCUT2D eigenvalue weighted by molar-refractivity contribution is 7.88. The molecule has 7 nitrogen and oxygen atoms in total. The molecule has 1 atom stereocenters. The summed E-state index contributed by atoms with van der Waals surface area (Å²) in [6.45, 7) is 4.45. The van der Waals surface area contributed by atoms with Crippen LogP contribution in [0.3, 0.4) is 0 Å². The normalized spacial score (nSPS) is 13.3. The van der Waals surface area contributed by atoms with Crippen molar-refractivity contribution in [2.75, 3.05) is 6.61 Å². The zero-order valence-corrected chi connectivity index (χ0v) is 25.3. The summed E-state index contributed by atoms with van der Waals surface area (Å²) in [6, 6.07) is 0. The molecule has 0 bridgehead atoms. The third kappa shape index (κ3) is 18.2. The molecule has 0 amide bonds. The number of carbonyl (C=O) groups excluding carboxylic acids is 1. The van der Waals surface area contributed by atoms with Gasteiger partial charge in [0.15, 0.2) is 0 Å². The minimum atomic E-state index is -4.96. The van der Waals surface area contributed by atoms with E-state index in [1.807, 2.05) is 0 Å². The number of hydrogen-bond acceptors (Lipinski definition) is 5. The Morgan fingerprint density at radius 1 is 0.605 bits per heavy atom. The molecule has 1 unspecified atom stereocenters. The van der Waals surface area contributed by atoms with Crippen LogP contribution in [0.2, 0.25) is 0 Å². The molecule has 0 radical (unpaired) electrons. The Bertz CT molecular complexity index is 693. The molecule has 0 aliphatic rings. The van der Waals surface area contributed by atoms with Gasteiger partial charge in [0.2, 0.25) is 4.75 Å². The molecule has 0 aliphatic heterocycles. The van der Waals surface area contributed by atoms with Crippen LogP contribution in [0.25, 0.3) is 0 Å². The highest BCUT2D eigenvalue weighted by Crippen LogP contribution is 2.30. The van der Waals surface area contributed by atoms with Crippen LogP contribution >= 0.6 is 0 Å². The van der Waals surface area contributed by atoms with E-state index < -0.39 is 33.2 Å². The van der Waals surface area contributed by atoms with Crippen LogP contribution in [0.4, 0.5) is 0 Å². The summed E-state index contributed by atoms with van der Waals surface area (Å²) >= 11 is 0. The molecule has 0 saturated carbocycles. The SMILES string of the molecule is CCCCCCCCCCCCCOC(=O)C(CCCCCCCCCCCCC)(CC(=O)O)S(=O)(=O)O. The van der Waals surface area contributed by atoms with Crippen LogP contribution in [0, 0.1) is 0 Å². The second-order valence-corrected chi connectivity index (χ2v) is 12.7. The van der Waals surface area contributed by atoms with Crippen LogP contribution in [-0.4, -0.2) is 41.4 Å². The standard InChI is InChI=1S/C30H58O7S/c1-3-5-7-9-11-13-15-17-19-21-23-25-30(27-28(31)32,38(34,35)36)29(33)37-26-24-22-20-18-16-14-12-10-8-6-4-2/h3-27H2,1-2H3,(H,31,32)(H,34,35,36). The Kier molecular flexibility index (Phi) is 23.0. The van der Waals surface area contributed by atoms with Crippen molar-refractivity contribution in [2.45, 2.75) is 173 Å². The maximum absolute atomic E-state index is 12.8. The highest BCUT2D eigenvalue weighted by Gasteiger charge is 2.53. The predicted molar refractivity (Wildman–Crippen MR) is 155 cm³/mol. The van der Waals surface area contributed by atoms with E-state index in [-0.39, 0.29) is 13.0 Å². The van der Waals surface area contributed by atoms with Crippen LogP contribution in [0.5, 0.6) is 0 Å². The zero-order chi connectivity index (χ0) is 28.5. The molecule has 38 heavy (non-hydrogen) atoms. The first kappa shape index (κ1) is 36.8. The van der Waals surface area contributed by atoms with E-state index in [0.29, 0.717) is 19.3 Å². The van der Waals surface area contributed by atoms with E-state index >= 15 is 0 Å². The van der Waals surface area contributed by atoms with E-state index in [4.69, 9.17) is 4.74 Å². The second kappa shape index (κ2) is 23.7. The lowest BCUT2D eigenvalue weighted by Crippen LogP contribution is -2.49. The van der Waals surface area contributed by atoms with Gasteiger partial charge in [-0.3, -0.25) is 14.1 Å². The molecule has 8 heteroatoms. The van der Waals surface area contributed by atoms with Gasteiger partial charge in [-0.2, -0.15) is 8.42 Å². The smallest absolute Gasteiger partial charge is 0.330 e. The molecule has 2 N–H and O–H groups in total. The lowest BCUT2D eigenvalue weighted by atomic mass is 9.95. The Labute approximate surface area is 233 Å². The summed E-state index contributed by atoms with van der Waals surface area (Å²) in [5.41, 5.74) is 0. The van der Waals surface area contributed by atoms with Gasteiger partial charge in [-0.1, -0.05) is 149 Å². The van der Waals surface area contributed by atoms with Gasteiger partial charge < -0.3 is 9.84 Å². The molecule has 226 valence electrons. The van der Waals surface area contributed by atoms with E-state index in [1.165, 1.54) is 83.5 Å². The Hall–Kier alpha value is -1.15. The van der Waals surface area contributed by atoms with Gasteiger partial charge in [0.05, 0.1) is 13.0 Å². The van der Waals surface area contributed by atoms with Crippen molar-refractivity contribution in [1.82, 2.24) is 0 Å². The van der Waals surface area contributed by atoms with E-state index in [2.05, 4.69) is 13.8 Å². The molecular weight excluding hydrogens is 504 g/mol. The number of ether oxygens (including phenoxy) is 1. The summed E-state index contributed by atoms with van der Waals surface area (Å²) < 4.78 is 37.2. The summed E-state index contributed by atoms with van der Waals surface area (Å²) in [6.07, 6.45) is 22.8. The molecule has 0 aliphatic carbocycles. The monoisotopic (exact) mass is 562 g/mol. The van der Waals surface area contributed by atoms with Crippen molar-refractivity contribution in [3.8, 4) is 0 Å². The van der Waals surface area contributed by atoms with Gasteiger partial charge in [0, 0.05) is 0 Å². The Morgan fingerprint density at radius 3 is 1.29 bits per heavy atom. The lowest BCUT2D eigenvalue weighted by Gasteiger charge is -2.27. The second-order valence-electron chi connectivity index (χ2n) is 11.0. The first-order valence-corrected chi connectivity index (χ1v) is 17.0. The highest BCUT2D eigenvalue weighted by atomic mass is 32.2. The van der Waals surface area contributed by atoms with Crippen LogP contribution in [0.1, 0.15) is 168 Å². The van der Waals surface area contributed by atoms with Gasteiger partial charge in [-0.15, -0.1) is 0 Å². The average molecular weight is 563 g/mol. The van der Waals surface area contributed by atoms with Crippen molar-refractivity contribution in [3.63, 3.8) is 0 Å². The summed E-state index contributed by atoms with van der Waals surface area (Å²) in [7, 11) is -4.96. The van der Waals surface area contributed by atoms with Gasteiger partial charge in [-0.25, -0.2) is 0 Å². The molecule has 0 rings (SSSR count). The summed E-state index contributed by atoms with van der Waals surface area (Å²) in [5.74, 6) is -2.58. The number of carbonyl (C=O) groups is 2. The van der Waals surface area contributed by atoms with Gasteiger partial charge >= 0.3 is 11.9 Å². The molecule has 0 aromatic heterocycles. The fourth-order valence-corrected chi connectivity index (χ4v) is 5.95. The van der Waals surface area contributed by atoms with Crippen molar-refractivity contribution in [2.24, 2.45) is 0 Å². The number of rotatable bonds is 28. The van der Waals surface area contributed by atoms with Crippen LogP contribution in [-0.2, 0) is 24.4 Å². The van der Waals surface area contributed by atoms with Gasteiger partial charge in [0.25, 0.3) is 10.1 Å². The lowest BCUT2D eigenvalue weighted by molar-refractivity contribution is -0.152. The van der Waals surface area contributed by atoms with E-state index in [0.717, 1.165) is 38.5 Å². The first-order valence-electron chi connectivity index (χ1n) is 15.6. The van der Waals surface area contributed by atoms with Gasteiger partial charge in [0.1, 0.15) is 0 Å². The molecule has 0 aromatic carbocycles. The van der Waals surface area contributed by atoms with Crippen molar-refractivity contribution in [1.29, 1.82) is 0 Å². The number of aliphatic carboxylic acids is 1. The van der Waals surface area contributed by atoms with Gasteiger partial charge in [-0.05, 0) is 12.8 Å². The van der Waals surface area contributed by atoms with Crippen LogP contribution in [0.15, 0.2) is 0 Å². The largest absolute Gasteiger partial charge is 0.481 e. The fourth-order valence-electron chi connectivity index (χ4n) is 4.97. The average Bonchev–Trinajstić information content (AvgIpc) is 2.86. The Balaban J connectivity index is 4.39. The molecule has 0 saturated heterocycles. The first-order chi connectivity index (χ1) is 18.2. The molecular formula is C30H58O7S. The fraction of sp³-hybridized carbons (Fsp3) is 0.933. The quantitative estimate of drug-likeness (QED) is 0.0556. The number of carboxylic acids is 1. The van der Waals surface area contributed by atoms with E-state index in [9.17, 15) is 27.7 Å². The maximum Gasteiger partial charge on any atom is 0.330 e. The maximum atomic E-state index is 12.8. The summed E-state index contributed by atoms with van der Waals surface area (Å²) in [5, 5.41) is 9.33. The topological polar surface area (TPSA) is 118 Å². The molecule has 0 heterocycles. The third-order valence-electron chi connectivity index (χ3n) is 7.47. The molecule has 0 spiro atoms. The minimum absolute atomic E-state index is 0.0327. The minimum Gasteiger partial charge on any atom is -0.481 e. The Morgan fingerprint density at radius 2 is 0.947 bits per heavy atom. The van der Waals surface area contributed by atoms with Crippen molar-refractivity contribution in [3.05, 3.63) is 0 Å². The van der Waals surface area contributed by atoms with Crippen LogP contribution < -0.4 is 0 Å².